The molecular formula is C26H35N3O5. The summed E-state index contributed by atoms with van der Waals surface area (Å²) < 4.78 is 12.5. The number of piperidine rings is 2. The summed E-state index contributed by atoms with van der Waals surface area (Å²) in [7, 11) is 0. The molecule has 3 aliphatic heterocycles. The molecule has 3 fully saturated rings. The highest BCUT2D eigenvalue weighted by molar-refractivity contribution is 6.05. The van der Waals surface area contributed by atoms with E-state index in [9.17, 15) is 14.4 Å². The van der Waals surface area contributed by atoms with E-state index in [2.05, 4.69) is 24.1 Å². The van der Waals surface area contributed by atoms with Crippen LogP contribution in [-0.2, 0) is 20.9 Å². The topological polar surface area (TPSA) is 88.2 Å². The molecule has 0 spiro atoms. The third-order valence-electron chi connectivity index (χ3n) is 7.61. The van der Waals surface area contributed by atoms with Crippen LogP contribution in [0.5, 0.6) is 5.75 Å². The maximum atomic E-state index is 12.9. The van der Waals surface area contributed by atoms with E-state index in [1.165, 1.54) is 0 Å². The molecule has 8 nitrogen and oxygen atoms in total. The fraction of sp³-hybridized carbons (Fsp3) is 0.654. The van der Waals surface area contributed by atoms with E-state index >= 15 is 0 Å². The van der Waals surface area contributed by atoms with Crippen molar-refractivity contribution in [2.45, 2.75) is 95.7 Å². The lowest BCUT2D eigenvalue weighted by Gasteiger charge is -2.38. The van der Waals surface area contributed by atoms with E-state index in [0.717, 1.165) is 56.5 Å². The molecule has 8 heteroatoms. The molecule has 4 aliphatic rings. The second-order valence-electron chi connectivity index (χ2n) is 10.3. The summed E-state index contributed by atoms with van der Waals surface area (Å²) in [5.74, 6) is -0.0259. The van der Waals surface area contributed by atoms with E-state index in [0.29, 0.717) is 30.7 Å². The Morgan fingerprint density at radius 1 is 1.03 bits per heavy atom. The highest BCUT2D eigenvalue weighted by Gasteiger charge is 2.40. The molecule has 1 aromatic rings. The Hall–Kier alpha value is -2.45. The number of benzene rings is 1. The molecule has 34 heavy (non-hydrogen) atoms. The van der Waals surface area contributed by atoms with Crippen LogP contribution >= 0.6 is 0 Å². The number of likely N-dealkylation sites (tertiary alicyclic amines) is 1. The molecule has 1 aliphatic carbocycles. The van der Waals surface area contributed by atoms with Crippen LogP contribution in [0.3, 0.4) is 0 Å². The van der Waals surface area contributed by atoms with E-state index in [1.54, 1.807) is 4.90 Å². The SMILES string of the molecule is CC(C)OC1CCN([C@H]2CCC[C@H]2Oc2ccc3c(c2)CN(C2CCC(=O)NC2=O)C3=O)CC1. The Labute approximate surface area is 200 Å². The molecule has 0 bridgehead atoms. The maximum absolute atomic E-state index is 12.9. The number of rotatable bonds is 6. The monoisotopic (exact) mass is 469 g/mol. The minimum atomic E-state index is -0.594. The Balaban J connectivity index is 1.22. The van der Waals surface area contributed by atoms with Crippen molar-refractivity contribution in [3.8, 4) is 5.75 Å². The Bertz CT molecular complexity index is 956. The van der Waals surface area contributed by atoms with Gasteiger partial charge in [0.1, 0.15) is 17.9 Å². The zero-order valence-electron chi connectivity index (χ0n) is 20.1. The van der Waals surface area contributed by atoms with Gasteiger partial charge in [-0.25, -0.2) is 0 Å². The Morgan fingerprint density at radius 2 is 1.82 bits per heavy atom. The van der Waals surface area contributed by atoms with Crippen LogP contribution in [0.25, 0.3) is 0 Å². The number of nitrogens with one attached hydrogen (secondary N) is 1. The average Bonchev–Trinajstić information content (AvgIpc) is 3.38. The number of carbonyl (C=O) groups is 3. The summed E-state index contributed by atoms with van der Waals surface area (Å²) >= 11 is 0. The van der Waals surface area contributed by atoms with Crippen LogP contribution in [0.15, 0.2) is 18.2 Å². The molecule has 3 atom stereocenters. The standard InChI is InChI=1S/C26H35N3O5/c1-16(2)33-18-10-12-28(13-11-18)21-4-3-5-23(21)34-19-6-7-20-17(14-19)15-29(26(20)32)22-8-9-24(30)27-25(22)31/h6-7,14,16,18,21-23H,3-5,8-13,15H2,1-2H3,(H,27,30,31)/t21-,22?,23+/m0/s1. The second kappa shape index (κ2) is 9.66. The number of carbonyl (C=O) groups excluding carboxylic acids is 3. The lowest BCUT2D eigenvalue weighted by molar-refractivity contribution is -0.136. The van der Waals surface area contributed by atoms with Gasteiger partial charge < -0.3 is 14.4 Å². The first-order valence-corrected chi connectivity index (χ1v) is 12.7. The van der Waals surface area contributed by atoms with Crippen LogP contribution in [0, 0.1) is 0 Å². The molecule has 0 radical (unpaired) electrons. The third-order valence-corrected chi connectivity index (χ3v) is 7.61. The molecule has 184 valence electrons. The van der Waals surface area contributed by atoms with Gasteiger partial charge in [-0.05, 0) is 76.1 Å². The van der Waals surface area contributed by atoms with Gasteiger partial charge in [-0.1, -0.05) is 0 Å². The summed E-state index contributed by atoms with van der Waals surface area (Å²) in [4.78, 5) is 40.8. The molecule has 3 amide bonds. The summed E-state index contributed by atoms with van der Waals surface area (Å²) in [5, 5.41) is 2.35. The molecule has 1 aromatic carbocycles. The summed E-state index contributed by atoms with van der Waals surface area (Å²) in [5.41, 5.74) is 1.50. The number of nitrogens with zero attached hydrogens (tertiary/aromatic N) is 2. The number of imide groups is 1. The summed E-state index contributed by atoms with van der Waals surface area (Å²) in [6.07, 6.45) is 6.88. The van der Waals surface area contributed by atoms with E-state index in [-0.39, 0.29) is 36.4 Å². The smallest absolute Gasteiger partial charge is 0.255 e. The molecule has 0 aromatic heterocycles. The van der Waals surface area contributed by atoms with Crippen LogP contribution < -0.4 is 10.1 Å². The highest BCUT2D eigenvalue weighted by Crippen LogP contribution is 2.34. The van der Waals surface area contributed by atoms with Gasteiger partial charge in [-0.3, -0.25) is 24.6 Å². The highest BCUT2D eigenvalue weighted by atomic mass is 16.5. The number of hydrogen-bond acceptors (Lipinski definition) is 6. The minimum absolute atomic E-state index is 0.143. The van der Waals surface area contributed by atoms with Gasteiger partial charge in [0.25, 0.3) is 5.91 Å². The van der Waals surface area contributed by atoms with E-state index in [1.807, 2.05) is 18.2 Å². The molecule has 1 unspecified atom stereocenters. The van der Waals surface area contributed by atoms with Crippen molar-refractivity contribution in [2.75, 3.05) is 13.1 Å². The first kappa shape index (κ1) is 23.3. The van der Waals surface area contributed by atoms with Gasteiger partial charge in [0.15, 0.2) is 0 Å². The van der Waals surface area contributed by atoms with Gasteiger partial charge in [-0.15, -0.1) is 0 Å². The molecule has 1 saturated carbocycles. The Morgan fingerprint density at radius 3 is 2.56 bits per heavy atom. The van der Waals surface area contributed by atoms with Crippen LogP contribution in [0.4, 0.5) is 0 Å². The van der Waals surface area contributed by atoms with Gasteiger partial charge in [-0.2, -0.15) is 0 Å². The molecule has 2 saturated heterocycles. The predicted octanol–water partition coefficient (Wildman–Crippen LogP) is 2.64. The normalized spacial score (nSPS) is 28.5. The fourth-order valence-corrected chi connectivity index (χ4v) is 5.99. The lowest BCUT2D eigenvalue weighted by Crippen LogP contribution is -2.52. The number of fused-ring (bicyclic) bond motifs is 1. The zero-order chi connectivity index (χ0) is 23.8. The van der Waals surface area contributed by atoms with Gasteiger partial charge in [0, 0.05) is 37.7 Å². The number of hydrogen-bond donors (Lipinski definition) is 1. The van der Waals surface area contributed by atoms with Gasteiger partial charge >= 0.3 is 0 Å². The largest absolute Gasteiger partial charge is 0.489 e. The number of ether oxygens (including phenoxy) is 2. The molecular weight excluding hydrogens is 434 g/mol. The lowest BCUT2D eigenvalue weighted by atomic mass is 10.0. The first-order chi connectivity index (χ1) is 16.4. The first-order valence-electron chi connectivity index (χ1n) is 12.7. The summed E-state index contributed by atoms with van der Waals surface area (Å²) in [6.45, 7) is 6.65. The third kappa shape index (κ3) is 4.70. The van der Waals surface area contributed by atoms with Crippen LogP contribution in [0.2, 0.25) is 0 Å². The van der Waals surface area contributed by atoms with E-state index in [4.69, 9.17) is 9.47 Å². The van der Waals surface area contributed by atoms with Crippen molar-refractivity contribution in [3.63, 3.8) is 0 Å². The van der Waals surface area contributed by atoms with Gasteiger partial charge in [0.2, 0.25) is 11.8 Å². The van der Waals surface area contributed by atoms with Gasteiger partial charge in [0.05, 0.1) is 12.2 Å². The summed E-state index contributed by atoms with van der Waals surface area (Å²) in [6, 6.07) is 5.47. The molecule has 5 rings (SSSR count). The molecule has 1 N–H and O–H groups in total. The van der Waals surface area contributed by atoms with Crippen molar-refractivity contribution in [1.29, 1.82) is 0 Å². The van der Waals surface area contributed by atoms with Crippen molar-refractivity contribution in [3.05, 3.63) is 29.3 Å². The van der Waals surface area contributed by atoms with Crippen LogP contribution in [0.1, 0.15) is 74.7 Å². The Kier molecular flexibility index (Phi) is 6.62. The zero-order valence-corrected chi connectivity index (χ0v) is 20.1. The fourth-order valence-electron chi connectivity index (χ4n) is 5.99. The predicted molar refractivity (Wildman–Crippen MR) is 125 cm³/mol. The maximum Gasteiger partial charge on any atom is 0.255 e. The quantitative estimate of drug-likeness (QED) is 0.645. The number of amides is 3. The van der Waals surface area contributed by atoms with Crippen LogP contribution in [-0.4, -0.2) is 71.0 Å². The minimum Gasteiger partial charge on any atom is -0.489 e. The molecule has 3 heterocycles. The van der Waals surface area contributed by atoms with Crippen molar-refractivity contribution in [1.82, 2.24) is 15.1 Å². The van der Waals surface area contributed by atoms with Crippen molar-refractivity contribution < 1.29 is 23.9 Å². The van der Waals surface area contributed by atoms with E-state index < -0.39 is 6.04 Å². The second-order valence-corrected chi connectivity index (χ2v) is 10.3. The average molecular weight is 470 g/mol. The van der Waals surface area contributed by atoms with Crippen molar-refractivity contribution in [2.24, 2.45) is 0 Å². The van der Waals surface area contributed by atoms with Crippen molar-refractivity contribution >= 4 is 17.7 Å².